The Morgan fingerprint density at radius 3 is 2.38 bits per heavy atom. The minimum Gasteiger partial charge on any atom is -0.298 e. The molecule has 0 heterocycles. The molecule has 1 aromatic rings. The monoisotopic (exact) mass is 324 g/mol. The lowest BCUT2D eigenvalue weighted by molar-refractivity contribution is -0.133. The smallest absolute Gasteiger partial charge is 0.182 e. The molecule has 21 heavy (non-hydrogen) atoms. The van der Waals surface area contributed by atoms with E-state index in [4.69, 9.17) is 23.2 Å². The van der Waals surface area contributed by atoms with E-state index in [9.17, 15) is 14.4 Å². The summed E-state index contributed by atoms with van der Waals surface area (Å²) in [6, 6.07) is 3.02. The summed E-state index contributed by atoms with van der Waals surface area (Å²) in [5, 5.41) is 0.590. The van der Waals surface area contributed by atoms with Crippen LogP contribution in [0.1, 0.15) is 42.1 Å². The summed E-state index contributed by atoms with van der Waals surface area (Å²) < 4.78 is 0. The van der Waals surface area contributed by atoms with Gasteiger partial charge >= 0.3 is 0 Å². The molecular formula is C16H14Cl2O3. The number of hydrogen-bond acceptors (Lipinski definition) is 3. The molecule has 0 atom stereocenters. The van der Waals surface area contributed by atoms with Crippen LogP contribution < -0.4 is 0 Å². The first kappa shape index (κ1) is 15.9. The third kappa shape index (κ3) is 3.09. The van der Waals surface area contributed by atoms with Crippen LogP contribution in [0, 0.1) is 5.92 Å². The molecule has 0 N–H and O–H groups in total. The van der Waals surface area contributed by atoms with Crippen molar-refractivity contribution in [1.29, 1.82) is 0 Å². The van der Waals surface area contributed by atoms with E-state index in [1.165, 1.54) is 6.07 Å². The Morgan fingerprint density at radius 2 is 1.81 bits per heavy atom. The van der Waals surface area contributed by atoms with Crippen LogP contribution in [-0.2, 0) is 9.59 Å². The first-order chi connectivity index (χ1) is 9.97. The highest BCUT2D eigenvalue weighted by Gasteiger charge is 2.37. The summed E-state index contributed by atoms with van der Waals surface area (Å²) in [6.07, 6.45) is 4.47. The van der Waals surface area contributed by atoms with Gasteiger partial charge in [-0.05, 0) is 25.5 Å². The molecule has 1 saturated carbocycles. The van der Waals surface area contributed by atoms with E-state index in [1.807, 2.05) is 0 Å². The van der Waals surface area contributed by atoms with Crippen molar-refractivity contribution in [3.63, 3.8) is 0 Å². The minimum atomic E-state index is -1.21. The van der Waals surface area contributed by atoms with Gasteiger partial charge in [-0.25, -0.2) is 0 Å². The number of rotatable bonds is 3. The lowest BCUT2D eigenvalue weighted by atomic mass is 9.81. The fourth-order valence-electron chi connectivity index (χ4n) is 2.43. The van der Waals surface area contributed by atoms with Gasteiger partial charge < -0.3 is 0 Å². The molecule has 1 fully saturated rings. The van der Waals surface area contributed by atoms with Crippen LogP contribution in [0.5, 0.6) is 0 Å². The normalized spacial score (nSPS) is 16.7. The molecule has 2 rings (SSSR count). The van der Waals surface area contributed by atoms with Gasteiger partial charge in [-0.1, -0.05) is 35.4 Å². The predicted octanol–water partition coefficient (Wildman–Crippen LogP) is 4.15. The molecule has 0 unspecified atom stereocenters. The van der Waals surface area contributed by atoms with Crippen molar-refractivity contribution in [2.24, 2.45) is 5.92 Å². The highest BCUT2D eigenvalue weighted by molar-refractivity contribution is 6.40. The standard InChI is InChI=1S/C16H14Cl2O3/c1-2-4-9-11(17)8-7-10(15(9)18)16(21)14-12(19)5-3-6-13(14)20/h2,4,7-8,14H,3,5-6H2,1H3. The average Bonchev–Trinajstić information content (AvgIpc) is 2.43. The van der Waals surface area contributed by atoms with Gasteiger partial charge in [0.15, 0.2) is 17.3 Å². The molecule has 110 valence electrons. The highest BCUT2D eigenvalue weighted by Crippen LogP contribution is 2.32. The molecule has 0 amide bonds. The van der Waals surface area contributed by atoms with Crippen LogP contribution in [0.25, 0.3) is 6.08 Å². The summed E-state index contributed by atoms with van der Waals surface area (Å²) in [4.78, 5) is 36.3. The van der Waals surface area contributed by atoms with Crippen LogP contribution in [0.2, 0.25) is 10.0 Å². The van der Waals surface area contributed by atoms with Gasteiger partial charge in [0, 0.05) is 29.0 Å². The van der Waals surface area contributed by atoms with E-state index in [0.29, 0.717) is 17.0 Å². The molecule has 1 aliphatic rings. The molecule has 0 saturated heterocycles. The first-order valence-electron chi connectivity index (χ1n) is 6.67. The molecule has 0 aliphatic heterocycles. The third-order valence-electron chi connectivity index (χ3n) is 3.48. The number of allylic oxidation sites excluding steroid dienone is 1. The van der Waals surface area contributed by atoms with Crippen LogP contribution >= 0.6 is 23.2 Å². The van der Waals surface area contributed by atoms with Gasteiger partial charge in [-0.15, -0.1) is 0 Å². The lowest BCUT2D eigenvalue weighted by Crippen LogP contribution is -2.35. The maximum atomic E-state index is 12.5. The molecular weight excluding hydrogens is 311 g/mol. The van der Waals surface area contributed by atoms with Gasteiger partial charge in [0.05, 0.1) is 5.02 Å². The Morgan fingerprint density at radius 1 is 1.19 bits per heavy atom. The van der Waals surface area contributed by atoms with Crippen molar-refractivity contribution in [1.82, 2.24) is 0 Å². The second-order valence-corrected chi connectivity index (χ2v) is 5.69. The number of benzene rings is 1. The minimum absolute atomic E-state index is 0.169. The van der Waals surface area contributed by atoms with E-state index in [1.54, 1.807) is 25.1 Å². The molecule has 3 nitrogen and oxygen atoms in total. The number of ketones is 3. The Labute approximate surface area is 132 Å². The van der Waals surface area contributed by atoms with E-state index < -0.39 is 11.7 Å². The van der Waals surface area contributed by atoms with Gasteiger partial charge in [-0.3, -0.25) is 14.4 Å². The van der Waals surface area contributed by atoms with Gasteiger partial charge in [0.2, 0.25) is 0 Å². The Hall–Kier alpha value is -1.45. The molecule has 1 aromatic carbocycles. The van der Waals surface area contributed by atoms with Crippen molar-refractivity contribution < 1.29 is 14.4 Å². The van der Waals surface area contributed by atoms with Crippen LogP contribution in [0.15, 0.2) is 18.2 Å². The van der Waals surface area contributed by atoms with Crippen LogP contribution in [0.3, 0.4) is 0 Å². The predicted molar refractivity (Wildman–Crippen MR) is 82.9 cm³/mol. The highest BCUT2D eigenvalue weighted by atomic mass is 35.5. The second kappa shape index (κ2) is 6.54. The van der Waals surface area contributed by atoms with E-state index in [0.717, 1.165) is 0 Å². The number of carbonyl (C=O) groups excluding carboxylic acids is 3. The maximum absolute atomic E-state index is 12.5. The van der Waals surface area contributed by atoms with Crippen LogP contribution in [0.4, 0.5) is 0 Å². The quantitative estimate of drug-likeness (QED) is 0.620. The summed E-state index contributed by atoms with van der Waals surface area (Å²) in [7, 11) is 0. The number of Topliss-reactive ketones (excluding diaryl/α,β-unsaturated/α-hetero) is 3. The van der Waals surface area contributed by atoms with Crippen molar-refractivity contribution in [3.05, 3.63) is 39.4 Å². The van der Waals surface area contributed by atoms with Crippen molar-refractivity contribution in [3.8, 4) is 0 Å². The van der Waals surface area contributed by atoms with Crippen molar-refractivity contribution >= 4 is 46.6 Å². The molecule has 5 heteroatoms. The Bertz CT molecular complexity index is 631. The third-order valence-corrected chi connectivity index (χ3v) is 4.21. The van der Waals surface area contributed by atoms with Crippen LogP contribution in [-0.4, -0.2) is 17.3 Å². The molecule has 0 bridgehead atoms. The summed E-state index contributed by atoms with van der Waals surface area (Å²) >= 11 is 12.3. The zero-order chi connectivity index (χ0) is 15.6. The summed E-state index contributed by atoms with van der Waals surface area (Å²) in [5.41, 5.74) is 0.685. The topological polar surface area (TPSA) is 51.2 Å². The Balaban J connectivity index is 2.46. The molecule has 0 spiro atoms. The SMILES string of the molecule is CC=Cc1c(Cl)ccc(C(=O)C2C(=O)CCCC2=O)c1Cl. The zero-order valence-corrected chi connectivity index (χ0v) is 13.0. The van der Waals surface area contributed by atoms with E-state index in [2.05, 4.69) is 0 Å². The zero-order valence-electron chi connectivity index (χ0n) is 11.5. The van der Waals surface area contributed by atoms with E-state index in [-0.39, 0.29) is 35.0 Å². The second-order valence-electron chi connectivity index (χ2n) is 4.91. The number of hydrogen-bond donors (Lipinski definition) is 0. The maximum Gasteiger partial charge on any atom is 0.182 e. The van der Waals surface area contributed by atoms with Crippen molar-refractivity contribution in [2.75, 3.05) is 0 Å². The molecule has 0 aromatic heterocycles. The van der Waals surface area contributed by atoms with Gasteiger partial charge in [0.25, 0.3) is 0 Å². The molecule has 0 radical (unpaired) electrons. The summed E-state index contributed by atoms with van der Waals surface area (Å²) in [5.74, 6) is -2.39. The number of halogens is 2. The molecule has 1 aliphatic carbocycles. The Kier molecular flexibility index (Phi) is 4.96. The van der Waals surface area contributed by atoms with E-state index >= 15 is 0 Å². The van der Waals surface area contributed by atoms with Gasteiger partial charge in [-0.2, -0.15) is 0 Å². The fraction of sp³-hybridized carbons (Fsp3) is 0.312. The number of carbonyl (C=O) groups is 3. The largest absolute Gasteiger partial charge is 0.298 e. The first-order valence-corrected chi connectivity index (χ1v) is 7.43. The van der Waals surface area contributed by atoms with Gasteiger partial charge in [0.1, 0.15) is 5.92 Å². The average molecular weight is 325 g/mol. The lowest BCUT2D eigenvalue weighted by Gasteiger charge is -2.19. The van der Waals surface area contributed by atoms with Crippen molar-refractivity contribution in [2.45, 2.75) is 26.2 Å². The fourth-order valence-corrected chi connectivity index (χ4v) is 3.02. The summed E-state index contributed by atoms with van der Waals surface area (Å²) in [6.45, 7) is 1.80.